The molecular formula is C17H26FN. The number of benzene rings is 1. The molecule has 1 saturated carbocycles. The summed E-state index contributed by atoms with van der Waals surface area (Å²) in [4.78, 5) is 0. The van der Waals surface area contributed by atoms with Crippen LogP contribution in [0.5, 0.6) is 0 Å². The molecule has 0 saturated heterocycles. The van der Waals surface area contributed by atoms with E-state index in [1.165, 1.54) is 6.42 Å². The highest BCUT2D eigenvalue weighted by Crippen LogP contribution is 2.38. The van der Waals surface area contributed by atoms with Gasteiger partial charge in [0, 0.05) is 5.54 Å². The smallest absolute Gasteiger partial charge is 0.123 e. The molecule has 2 unspecified atom stereocenters. The number of halogens is 1. The Balaban J connectivity index is 2.22. The van der Waals surface area contributed by atoms with E-state index < -0.39 is 0 Å². The lowest BCUT2D eigenvalue weighted by Gasteiger charge is -2.29. The Morgan fingerprint density at radius 2 is 1.95 bits per heavy atom. The minimum atomic E-state index is -0.337. The Morgan fingerprint density at radius 3 is 2.58 bits per heavy atom. The Labute approximate surface area is 116 Å². The molecule has 0 bridgehead atoms. The molecule has 2 N–H and O–H groups in total. The molecule has 0 amide bonds. The van der Waals surface area contributed by atoms with Crippen LogP contribution in [-0.2, 0) is 5.54 Å². The molecule has 1 aromatic carbocycles. The van der Waals surface area contributed by atoms with Crippen LogP contribution in [-0.4, -0.2) is 0 Å². The predicted molar refractivity (Wildman–Crippen MR) is 78.4 cm³/mol. The average molecular weight is 263 g/mol. The van der Waals surface area contributed by atoms with Crippen LogP contribution >= 0.6 is 0 Å². The minimum absolute atomic E-state index is 0.163. The molecule has 0 spiro atoms. The molecule has 0 aliphatic heterocycles. The fourth-order valence-electron chi connectivity index (χ4n) is 3.37. The summed E-state index contributed by atoms with van der Waals surface area (Å²) in [6.07, 6.45) is 5.50. The van der Waals surface area contributed by atoms with E-state index in [1.807, 2.05) is 6.92 Å². The van der Waals surface area contributed by atoms with E-state index in [0.29, 0.717) is 0 Å². The first-order valence-corrected chi connectivity index (χ1v) is 7.47. The molecule has 1 aliphatic carbocycles. The lowest BCUT2D eigenvalue weighted by molar-refractivity contribution is 0.325. The highest BCUT2D eigenvalue weighted by molar-refractivity contribution is 5.30. The van der Waals surface area contributed by atoms with Crippen LogP contribution < -0.4 is 5.73 Å². The maximum atomic E-state index is 13.6. The molecule has 0 radical (unpaired) electrons. The van der Waals surface area contributed by atoms with E-state index in [0.717, 1.165) is 48.6 Å². The first kappa shape index (κ1) is 14.5. The fourth-order valence-corrected chi connectivity index (χ4v) is 3.37. The standard InChI is InChI=1S/C17H26FN/c1-12(2)14-5-4-7-17(19,8-6-14)15-9-13(3)10-16(18)11-15/h9-12,14H,4-8,19H2,1-3H3. The normalized spacial score (nSPS) is 28.4. The largest absolute Gasteiger partial charge is 0.321 e. The zero-order valence-electron chi connectivity index (χ0n) is 12.4. The van der Waals surface area contributed by atoms with Gasteiger partial charge in [0.15, 0.2) is 0 Å². The molecule has 2 atom stereocenters. The minimum Gasteiger partial charge on any atom is -0.321 e. The summed E-state index contributed by atoms with van der Waals surface area (Å²) in [5, 5.41) is 0. The lowest BCUT2D eigenvalue weighted by Crippen LogP contribution is -2.36. The molecule has 106 valence electrons. The van der Waals surface area contributed by atoms with Gasteiger partial charge >= 0.3 is 0 Å². The predicted octanol–water partition coefficient (Wildman–Crippen LogP) is 4.52. The molecule has 0 heterocycles. The first-order chi connectivity index (χ1) is 8.90. The van der Waals surface area contributed by atoms with E-state index in [2.05, 4.69) is 19.9 Å². The third kappa shape index (κ3) is 3.36. The fraction of sp³-hybridized carbons (Fsp3) is 0.647. The zero-order valence-corrected chi connectivity index (χ0v) is 12.4. The van der Waals surface area contributed by atoms with Crippen molar-refractivity contribution in [3.05, 3.63) is 35.1 Å². The lowest BCUT2D eigenvalue weighted by atomic mass is 9.82. The number of hydrogen-bond acceptors (Lipinski definition) is 1. The summed E-state index contributed by atoms with van der Waals surface area (Å²) < 4.78 is 13.6. The summed E-state index contributed by atoms with van der Waals surface area (Å²) in [7, 11) is 0. The summed E-state index contributed by atoms with van der Waals surface area (Å²) in [6, 6.07) is 5.25. The Morgan fingerprint density at radius 1 is 1.21 bits per heavy atom. The van der Waals surface area contributed by atoms with Crippen LogP contribution in [0.15, 0.2) is 18.2 Å². The van der Waals surface area contributed by atoms with E-state index in [1.54, 1.807) is 12.1 Å². The second-order valence-corrected chi connectivity index (χ2v) is 6.61. The van der Waals surface area contributed by atoms with Crippen molar-refractivity contribution in [1.29, 1.82) is 0 Å². The molecule has 1 aromatic rings. The van der Waals surface area contributed by atoms with Crippen LogP contribution in [0.2, 0.25) is 0 Å². The average Bonchev–Trinajstić information content (AvgIpc) is 2.51. The van der Waals surface area contributed by atoms with Crippen molar-refractivity contribution in [1.82, 2.24) is 0 Å². The number of aryl methyl sites for hydroxylation is 1. The van der Waals surface area contributed by atoms with E-state index >= 15 is 0 Å². The zero-order chi connectivity index (χ0) is 14.0. The van der Waals surface area contributed by atoms with Gasteiger partial charge in [0.2, 0.25) is 0 Å². The monoisotopic (exact) mass is 263 g/mol. The second kappa shape index (κ2) is 5.62. The van der Waals surface area contributed by atoms with Crippen LogP contribution in [0.25, 0.3) is 0 Å². The Hall–Kier alpha value is -0.890. The maximum absolute atomic E-state index is 13.6. The first-order valence-electron chi connectivity index (χ1n) is 7.47. The van der Waals surface area contributed by atoms with Crippen molar-refractivity contribution in [3.8, 4) is 0 Å². The van der Waals surface area contributed by atoms with Gasteiger partial charge in [-0.2, -0.15) is 0 Å². The summed E-state index contributed by atoms with van der Waals surface area (Å²) >= 11 is 0. The van der Waals surface area contributed by atoms with Gasteiger partial charge < -0.3 is 5.73 Å². The molecule has 2 rings (SSSR count). The molecular weight excluding hydrogens is 237 g/mol. The molecule has 1 fully saturated rings. The molecule has 1 nitrogen and oxygen atoms in total. The van der Waals surface area contributed by atoms with E-state index in [4.69, 9.17) is 5.73 Å². The van der Waals surface area contributed by atoms with E-state index in [9.17, 15) is 4.39 Å². The van der Waals surface area contributed by atoms with Crippen LogP contribution in [0.1, 0.15) is 57.1 Å². The third-order valence-electron chi connectivity index (χ3n) is 4.72. The van der Waals surface area contributed by atoms with Gasteiger partial charge in [-0.3, -0.25) is 0 Å². The highest BCUT2D eigenvalue weighted by atomic mass is 19.1. The summed E-state index contributed by atoms with van der Waals surface area (Å²) in [5.41, 5.74) is 8.22. The third-order valence-corrected chi connectivity index (χ3v) is 4.72. The number of rotatable bonds is 2. The van der Waals surface area contributed by atoms with Gasteiger partial charge in [-0.15, -0.1) is 0 Å². The van der Waals surface area contributed by atoms with Gasteiger partial charge in [-0.05, 0) is 61.3 Å². The van der Waals surface area contributed by atoms with Crippen molar-refractivity contribution >= 4 is 0 Å². The van der Waals surface area contributed by atoms with Gasteiger partial charge in [0.1, 0.15) is 5.82 Å². The van der Waals surface area contributed by atoms with Crippen molar-refractivity contribution in [2.24, 2.45) is 17.6 Å². The van der Waals surface area contributed by atoms with Crippen LogP contribution in [0, 0.1) is 24.6 Å². The van der Waals surface area contributed by atoms with Crippen molar-refractivity contribution in [3.63, 3.8) is 0 Å². The van der Waals surface area contributed by atoms with E-state index in [-0.39, 0.29) is 11.4 Å². The SMILES string of the molecule is Cc1cc(F)cc(C2(N)CCCC(C(C)C)CC2)c1. The number of nitrogens with two attached hydrogens (primary N) is 1. The Kier molecular flexibility index (Phi) is 4.29. The van der Waals surface area contributed by atoms with Crippen LogP contribution in [0.4, 0.5) is 4.39 Å². The van der Waals surface area contributed by atoms with Crippen molar-refractivity contribution < 1.29 is 4.39 Å². The maximum Gasteiger partial charge on any atom is 0.123 e. The summed E-state index contributed by atoms with van der Waals surface area (Å²) in [5.74, 6) is 1.32. The quantitative estimate of drug-likeness (QED) is 0.780. The Bertz CT molecular complexity index is 421. The molecule has 1 aliphatic rings. The van der Waals surface area contributed by atoms with Crippen LogP contribution in [0.3, 0.4) is 0 Å². The van der Waals surface area contributed by atoms with Gasteiger partial charge in [-0.1, -0.05) is 32.8 Å². The second-order valence-electron chi connectivity index (χ2n) is 6.61. The number of hydrogen-bond donors (Lipinski definition) is 1. The van der Waals surface area contributed by atoms with Crippen molar-refractivity contribution in [2.45, 2.75) is 58.4 Å². The van der Waals surface area contributed by atoms with Gasteiger partial charge in [0.05, 0.1) is 0 Å². The van der Waals surface area contributed by atoms with Gasteiger partial charge in [-0.25, -0.2) is 4.39 Å². The molecule has 2 heteroatoms. The van der Waals surface area contributed by atoms with Crippen molar-refractivity contribution in [2.75, 3.05) is 0 Å². The highest BCUT2D eigenvalue weighted by Gasteiger charge is 2.32. The molecule has 0 aromatic heterocycles. The van der Waals surface area contributed by atoms with Gasteiger partial charge in [0.25, 0.3) is 0 Å². The molecule has 19 heavy (non-hydrogen) atoms. The topological polar surface area (TPSA) is 26.0 Å². The summed E-state index contributed by atoms with van der Waals surface area (Å²) in [6.45, 7) is 6.52.